The second-order valence-corrected chi connectivity index (χ2v) is 7.21. The van der Waals surface area contributed by atoms with Crippen molar-refractivity contribution in [2.45, 2.75) is 12.8 Å². The number of non-ortho nitro benzene ring substituents is 1. The van der Waals surface area contributed by atoms with Gasteiger partial charge < -0.3 is 15.0 Å². The minimum absolute atomic E-state index is 0.0594. The fourth-order valence-electron chi connectivity index (χ4n) is 3.49. The van der Waals surface area contributed by atoms with E-state index in [0.29, 0.717) is 24.7 Å². The summed E-state index contributed by atoms with van der Waals surface area (Å²) in [5.41, 5.74) is 3.98. The lowest BCUT2D eigenvalue weighted by atomic mass is 10.1. The van der Waals surface area contributed by atoms with Gasteiger partial charge in [-0.05, 0) is 30.3 Å². The molecule has 0 fully saturated rings. The van der Waals surface area contributed by atoms with Crippen molar-refractivity contribution >= 4 is 28.7 Å². The second-order valence-electron chi connectivity index (χ2n) is 6.77. The van der Waals surface area contributed by atoms with E-state index >= 15 is 0 Å². The van der Waals surface area contributed by atoms with Crippen molar-refractivity contribution in [1.29, 1.82) is 0 Å². The Morgan fingerprint density at radius 1 is 1.10 bits per heavy atom. The molecule has 148 valence electrons. The molecule has 0 amide bonds. The van der Waals surface area contributed by atoms with E-state index in [4.69, 9.17) is 16.3 Å². The molecule has 0 aliphatic carbocycles. The maximum atomic E-state index is 11.2. The van der Waals surface area contributed by atoms with Gasteiger partial charge >= 0.3 is 0 Å². The largest absolute Gasteiger partial charge is 0.383 e. The van der Waals surface area contributed by atoms with E-state index in [-0.39, 0.29) is 10.6 Å². The Bertz CT molecular complexity index is 1010. The summed E-state index contributed by atoms with van der Waals surface area (Å²) in [4.78, 5) is 13.0. The van der Waals surface area contributed by atoms with Gasteiger partial charge in [-0.25, -0.2) is 0 Å². The van der Waals surface area contributed by atoms with Crippen molar-refractivity contribution in [3.05, 3.63) is 99.1 Å². The van der Waals surface area contributed by atoms with E-state index in [9.17, 15) is 10.1 Å². The number of nitrogens with zero attached hydrogens (tertiary/aromatic N) is 2. The van der Waals surface area contributed by atoms with Crippen LogP contribution in [0.25, 0.3) is 0 Å². The van der Waals surface area contributed by atoms with Gasteiger partial charge in [0.15, 0.2) is 6.23 Å². The van der Waals surface area contributed by atoms with Crippen LogP contribution in [0.5, 0.6) is 0 Å². The number of hydrogen-bond acceptors (Lipinski definition) is 5. The normalized spacial score (nSPS) is 15.6. The van der Waals surface area contributed by atoms with E-state index in [1.165, 1.54) is 6.07 Å². The molecule has 1 aliphatic rings. The number of nitrogens with one attached hydrogen (secondary N) is 1. The molecule has 3 aromatic rings. The van der Waals surface area contributed by atoms with Gasteiger partial charge in [0.25, 0.3) is 5.69 Å². The molecule has 1 heterocycles. The molecule has 7 heteroatoms. The van der Waals surface area contributed by atoms with Gasteiger partial charge in [0.2, 0.25) is 0 Å². The molecule has 1 atom stereocenters. The lowest BCUT2D eigenvalue weighted by molar-refractivity contribution is -0.385. The van der Waals surface area contributed by atoms with Gasteiger partial charge in [-0.15, -0.1) is 0 Å². The highest BCUT2D eigenvalue weighted by Gasteiger charge is 2.28. The van der Waals surface area contributed by atoms with Crippen LogP contribution >= 0.6 is 11.6 Å². The summed E-state index contributed by atoms with van der Waals surface area (Å²) in [7, 11) is 0. The quantitative estimate of drug-likeness (QED) is 0.436. The highest BCUT2D eigenvalue weighted by atomic mass is 35.5. The standard InChI is InChI=1S/C22H20ClN3O3/c23-18-8-10-19(11-9-18)24-12-13-25-21-7-2-1-4-17(21)15-29-22(25)16-5-3-6-20(14-16)26(27)28/h1-11,14,22,24H,12-13,15H2. The first kappa shape index (κ1) is 19.2. The van der Waals surface area contributed by atoms with Gasteiger partial charge in [0.1, 0.15) is 0 Å². The number of fused-ring (bicyclic) bond motifs is 1. The fourth-order valence-corrected chi connectivity index (χ4v) is 3.62. The Balaban J connectivity index is 1.58. The molecule has 3 aromatic carbocycles. The van der Waals surface area contributed by atoms with Crippen molar-refractivity contribution in [3.8, 4) is 0 Å². The first-order valence-electron chi connectivity index (χ1n) is 9.32. The average Bonchev–Trinajstić information content (AvgIpc) is 2.75. The van der Waals surface area contributed by atoms with Crippen LogP contribution < -0.4 is 10.2 Å². The first-order chi connectivity index (χ1) is 14.1. The van der Waals surface area contributed by atoms with E-state index in [0.717, 1.165) is 22.5 Å². The summed E-state index contributed by atoms with van der Waals surface area (Å²) in [6, 6.07) is 22.3. The molecule has 4 rings (SSSR count). The lowest BCUT2D eigenvalue weighted by Gasteiger charge is -2.39. The molecule has 6 nitrogen and oxygen atoms in total. The summed E-state index contributed by atoms with van der Waals surface area (Å²) >= 11 is 5.95. The van der Waals surface area contributed by atoms with Gasteiger partial charge in [-0.3, -0.25) is 10.1 Å². The summed E-state index contributed by atoms with van der Waals surface area (Å²) in [5.74, 6) is 0. The summed E-state index contributed by atoms with van der Waals surface area (Å²) in [6.45, 7) is 1.79. The molecule has 0 saturated heterocycles. The molecule has 1 unspecified atom stereocenters. The third-order valence-corrected chi connectivity index (χ3v) is 5.13. The van der Waals surface area contributed by atoms with E-state index < -0.39 is 6.23 Å². The van der Waals surface area contributed by atoms with E-state index in [1.807, 2.05) is 48.5 Å². The van der Waals surface area contributed by atoms with Crippen LogP contribution in [0.3, 0.4) is 0 Å². The molecule has 0 saturated carbocycles. The predicted octanol–water partition coefficient (Wildman–Crippen LogP) is 5.40. The Labute approximate surface area is 173 Å². The number of ether oxygens (including phenoxy) is 1. The van der Waals surface area contributed by atoms with Crippen LogP contribution in [-0.2, 0) is 11.3 Å². The van der Waals surface area contributed by atoms with Gasteiger partial charge in [-0.2, -0.15) is 0 Å². The number of anilines is 2. The Kier molecular flexibility index (Phi) is 5.64. The van der Waals surface area contributed by atoms with Crippen LogP contribution in [0.15, 0.2) is 72.8 Å². The SMILES string of the molecule is O=[N+]([O-])c1cccc(C2OCc3ccccc3N2CCNc2ccc(Cl)cc2)c1. The molecule has 0 aromatic heterocycles. The van der Waals surface area contributed by atoms with E-state index in [1.54, 1.807) is 12.1 Å². The number of rotatable bonds is 6. The summed E-state index contributed by atoms with van der Waals surface area (Å²) in [5, 5.41) is 15.3. The third kappa shape index (κ3) is 4.34. The summed E-state index contributed by atoms with van der Waals surface area (Å²) in [6.07, 6.45) is -0.392. The van der Waals surface area contributed by atoms with Crippen molar-refractivity contribution in [2.75, 3.05) is 23.3 Å². The molecule has 0 radical (unpaired) electrons. The molecular formula is C22H20ClN3O3. The first-order valence-corrected chi connectivity index (χ1v) is 9.69. The molecule has 0 spiro atoms. The van der Waals surface area contributed by atoms with Crippen LogP contribution in [0.2, 0.25) is 5.02 Å². The fraction of sp³-hybridized carbons (Fsp3) is 0.182. The van der Waals surface area contributed by atoms with Crippen LogP contribution in [0.4, 0.5) is 17.1 Å². The molecule has 1 aliphatic heterocycles. The predicted molar refractivity (Wildman–Crippen MR) is 114 cm³/mol. The highest BCUT2D eigenvalue weighted by Crippen LogP contribution is 2.37. The second kappa shape index (κ2) is 8.51. The van der Waals surface area contributed by atoms with Crippen molar-refractivity contribution in [1.82, 2.24) is 0 Å². The van der Waals surface area contributed by atoms with Gasteiger partial charge in [-0.1, -0.05) is 41.9 Å². The monoisotopic (exact) mass is 409 g/mol. The summed E-state index contributed by atoms with van der Waals surface area (Å²) < 4.78 is 6.11. The molecule has 29 heavy (non-hydrogen) atoms. The van der Waals surface area contributed by atoms with Crippen LogP contribution in [0, 0.1) is 10.1 Å². The Morgan fingerprint density at radius 2 is 1.90 bits per heavy atom. The molecular weight excluding hydrogens is 390 g/mol. The number of benzene rings is 3. The Hall–Kier alpha value is -3.09. The van der Waals surface area contributed by atoms with Gasteiger partial charge in [0, 0.05) is 52.7 Å². The number of halogens is 1. The number of nitro groups is 1. The number of hydrogen-bond donors (Lipinski definition) is 1. The zero-order valence-electron chi connectivity index (χ0n) is 15.6. The number of para-hydroxylation sites is 1. The minimum Gasteiger partial charge on any atom is -0.383 e. The third-order valence-electron chi connectivity index (χ3n) is 4.87. The maximum Gasteiger partial charge on any atom is 0.269 e. The van der Waals surface area contributed by atoms with Crippen LogP contribution in [0.1, 0.15) is 17.4 Å². The topological polar surface area (TPSA) is 67.6 Å². The lowest BCUT2D eigenvalue weighted by Crippen LogP contribution is -2.38. The number of nitro benzene ring substituents is 1. The average molecular weight is 410 g/mol. The zero-order chi connectivity index (χ0) is 20.2. The van der Waals surface area contributed by atoms with Crippen molar-refractivity contribution in [3.63, 3.8) is 0 Å². The molecule has 1 N–H and O–H groups in total. The van der Waals surface area contributed by atoms with Crippen molar-refractivity contribution < 1.29 is 9.66 Å². The zero-order valence-corrected chi connectivity index (χ0v) is 16.4. The van der Waals surface area contributed by atoms with E-state index in [2.05, 4.69) is 16.3 Å². The minimum atomic E-state index is -0.392. The maximum absolute atomic E-state index is 11.2. The smallest absolute Gasteiger partial charge is 0.269 e. The van der Waals surface area contributed by atoms with Gasteiger partial charge in [0.05, 0.1) is 11.5 Å². The molecule has 0 bridgehead atoms. The van der Waals surface area contributed by atoms with Crippen molar-refractivity contribution in [2.24, 2.45) is 0 Å². The highest BCUT2D eigenvalue weighted by molar-refractivity contribution is 6.30. The van der Waals surface area contributed by atoms with Crippen LogP contribution in [-0.4, -0.2) is 18.0 Å². The Morgan fingerprint density at radius 3 is 2.69 bits per heavy atom.